The van der Waals surface area contributed by atoms with Crippen molar-refractivity contribution in [2.75, 3.05) is 5.75 Å². The van der Waals surface area contributed by atoms with Gasteiger partial charge in [-0.3, -0.25) is 4.79 Å². The predicted octanol–water partition coefficient (Wildman–Crippen LogP) is 5.66. The number of benzene rings is 2. The highest BCUT2D eigenvalue weighted by atomic mass is 79.9. The second kappa shape index (κ2) is 10.4. The maximum Gasteiger partial charge on any atom is 0.250 e. The van der Waals surface area contributed by atoms with Crippen LogP contribution in [-0.2, 0) is 16.8 Å². The van der Waals surface area contributed by atoms with Crippen LogP contribution in [0.2, 0.25) is 0 Å². The Morgan fingerprint density at radius 1 is 1.09 bits per heavy atom. The summed E-state index contributed by atoms with van der Waals surface area (Å²) in [7, 11) is 0. The molecule has 32 heavy (non-hydrogen) atoms. The van der Waals surface area contributed by atoms with Crippen molar-refractivity contribution in [1.29, 1.82) is 0 Å². The summed E-state index contributed by atoms with van der Waals surface area (Å²) in [5, 5.41) is 13.6. The molecule has 3 rings (SSSR count). The number of carbonyl (C=O) groups excluding carboxylic acids is 1. The number of nitrogens with zero attached hydrogens (tertiary/aromatic N) is 4. The number of carbonyl (C=O) groups is 1. The van der Waals surface area contributed by atoms with Gasteiger partial charge in [0.15, 0.2) is 11.0 Å². The minimum Gasteiger partial charge on any atom is -0.302 e. The van der Waals surface area contributed by atoms with Crippen LogP contribution in [0.1, 0.15) is 45.7 Å². The molecule has 0 spiro atoms. The van der Waals surface area contributed by atoms with Crippen LogP contribution in [-0.4, -0.2) is 32.1 Å². The summed E-state index contributed by atoms with van der Waals surface area (Å²) < 4.78 is 3.03. The first-order valence-electron chi connectivity index (χ1n) is 10.4. The van der Waals surface area contributed by atoms with E-state index in [0.717, 1.165) is 27.1 Å². The Labute approximate surface area is 202 Å². The van der Waals surface area contributed by atoms with E-state index in [4.69, 9.17) is 0 Å². The van der Waals surface area contributed by atoms with Gasteiger partial charge in [0, 0.05) is 16.6 Å². The molecule has 1 aromatic heterocycles. The average molecular weight is 514 g/mol. The minimum atomic E-state index is -0.187. The summed E-state index contributed by atoms with van der Waals surface area (Å²) >= 11 is 4.77. The number of nitrogens with one attached hydrogen (secondary N) is 1. The molecular formula is C24H28BrN5OS. The van der Waals surface area contributed by atoms with Gasteiger partial charge in [0.25, 0.3) is 5.91 Å². The zero-order valence-corrected chi connectivity index (χ0v) is 21.4. The quantitative estimate of drug-likeness (QED) is 0.251. The number of thioether (sulfide) groups is 1. The van der Waals surface area contributed by atoms with Crippen LogP contribution in [0.15, 0.2) is 63.3 Å². The summed E-state index contributed by atoms with van der Waals surface area (Å²) in [6.07, 6.45) is 0. The summed E-state index contributed by atoms with van der Waals surface area (Å²) in [6.45, 7) is 11.2. The average Bonchev–Trinajstić information content (AvgIpc) is 3.19. The highest BCUT2D eigenvalue weighted by Gasteiger charge is 2.17. The number of halogens is 1. The van der Waals surface area contributed by atoms with Crippen molar-refractivity contribution in [2.24, 2.45) is 5.10 Å². The third kappa shape index (κ3) is 6.07. The van der Waals surface area contributed by atoms with Crippen molar-refractivity contribution in [3.63, 3.8) is 0 Å². The molecule has 168 valence electrons. The lowest BCUT2D eigenvalue weighted by Crippen LogP contribution is -2.21. The predicted molar refractivity (Wildman–Crippen MR) is 135 cm³/mol. The van der Waals surface area contributed by atoms with Gasteiger partial charge >= 0.3 is 0 Å². The molecule has 0 radical (unpaired) electrons. The molecule has 0 saturated heterocycles. The molecule has 8 heteroatoms. The van der Waals surface area contributed by atoms with Gasteiger partial charge in [-0.05, 0) is 42.5 Å². The maximum atomic E-state index is 12.3. The van der Waals surface area contributed by atoms with Crippen LogP contribution in [0.4, 0.5) is 0 Å². The molecular weight excluding hydrogens is 486 g/mol. The van der Waals surface area contributed by atoms with E-state index in [2.05, 4.69) is 81.7 Å². The molecule has 1 heterocycles. The van der Waals surface area contributed by atoms with Gasteiger partial charge in [0.1, 0.15) is 0 Å². The lowest BCUT2D eigenvalue weighted by Gasteiger charge is -2.19. The fraction of sp³-hybridized carbons (Fsp3) is 0.333. The monoisotopic (exact) mass is 513 g/mol. The maximum absolute atomic E-state index is 12.3. The van der Waals surface area contributed by atoms with Crippen LogP contribution < -0.4 is 5.43 Å². The van der Waals surface area contributed by atoms with Crippen LogP contribution in [0.3, 0.4) is 0 Å². The molecule has 1 amide bonds. The second-order valence-corrected chi connectivity index (χ2v) is 10.3. The van der Waals surface area contributed by atoms with Gasteiger partial charge in [-0.25, -0.2) is 5.43 Å². The van der Waals surface area contributed by atoms with E-state index in [0.29, 0.717) is 11.7 Å². The van der Waals surface area contributed by atoms with Gasteiger partial charge < -0.3 is 4.57 Å². The third-order valence-corrected chi connectivity index (χ3v) is 6.48. The molecule has 0 aliphatic carbocycles. The minimum absolute atomic E-state index is 0.101. The number of hydrogen-bond acceptors (Lipinski definition) is 5. The normalized spacial score (nSPS) is 12.1. The molecule has 0 aliphatic heterocycles. The molecule has 0 aliphatic rings. The van der Waals surface area contributed by atoms with Crippen LogP contribution in [0.25, 0.3) is 11.4 Å². The molecule has 1 N–H and O–H groups in total. The summed E-state index contributed by atoms with van der Waals surface area (Å²) in [4.78, 5) is 12.3. The van der Waals surface area contributed by atoms with Crippen molar-refractivity contribution in [1.82, 2.24) is 20.2 Å². The highest BCUT2D eigenvalue weighted by Crippen LogP contribution is 2.27. The second-order valence-electron chi connectivity index (χ2n) is 8.41. The van der Waals surface area contributed by atoms with Gasteiger partial charge in [-0.15, -0.1) is 10.2 Å². The smallest absolute Gasteiger partial charge is 0.250 e. The summed E-state index contributed by atoms with van der Waals surface area (Å²) in [5.74, 6) is 0.825. The molecule has 2 aromatic carbocycles. The van der Waals surface area contributed by atoms with Gasteiger partial charge in [0.05, 0.1) is 11.5 Å². The summed E-state index contributed by atoms with van der Waals surface area (Å²) in [5.41, 5.74) is 6.70. The van der Waals surface area contributed by atoms with Crippen molar-refractivity contribution < 1.29 is 4.79 Å². The van der Waals surface area contributed by atoms with E-state index in [1.165, 1.54) is 17.3 Å². The Balaban J connectivity index is 1.64. The number of rotatable bonds is 7. The number of amides is 1. The lowest BCUT2D eigenvalue weighted by atomic mass is 9.87. The van der Waals surface area contributed by atoms with Gasteiger partial charge in [0.2, 0.25) is 0 Å². The van der Waals surface area contributed by atoms with Crippen molar-refractivity contribution in [3.05, 3.63) is 64.1 Å². The number of hydrazone groups is 1. The van der Waals surface area contributed by atoms with E-state index in [-0.39, 0.29) is 17.1 Å². The molecule has 0 atom stereocenters. The van der Waals surface area contributed by atoms with E-state index >= 15 is 0 Å². The molecule has 0 bridgehead atoms. The number of aromatic nitrogens is 3. The molecule has 3 aromatic rings. The van der Waals surface area contributed by atoms with E-state index < -0.39 is 0 Å². The highest BCUT2D eigenvalue weighted by molar-refractivity contribution is 9.10. The Morgan fingerprint density at radius 2 is 1.75 bits per heavy atom. The van der Waals surface area contributed by atoms with Crippen molar-refractivity contribution in [3.8, 4) is 11.4 Å². The largest absolute Gasteiger partial charge is 0.302 e. The van der Waals surface area contributed by atoms with Crippen LogP contribution in [0.5, 0.6) is 0 Å². The van der Waals surface area contributed by atoms with Crippen molar-refractivity contribution >= 4 is 39.3 Å². The standard InChI is InChI=1S/C24H28BrN5OS/c1-6-30-22(18-7-11-19(12-8-18)24(3,4)5)28-29-23(30)32-15-21(31)27-26-16(2)17-9-13-20(25)14-10-17/h7-14H,6,15H2,1-5H3,(H,27,31)/b26-16-. The van der Waals surface area contributed by atoms with E-state index in [9.17, 15) is 4.79 Å². The summed E-state index contributed by atoms with van der Waals surface area (Å²) in [6, 6.07) is 16.2. The zero-order chi connectivity index (χ0) is 23.3. The lowest BCUT2D eigenvalue weighted by molar-refractivity contribution is -0.118. The van der Waals surface area contributed by atoms with Gasteiger partial charge in [-0.1, -0.05) is 84.9 Å². The number of hydrogen-bond donors (Lipinski definition) is 1. The first-order chi connectivity index (χ1) is 15.2. The Morgan fingerprint density at radius 3 is 2.34 bits per heavy atom. The first kappa shape index (κ1) is 24.2. The SMILES string of the molecule is CCn1c(SCC(=O)N/N=C(/C)c2ccc(Br)cc2)nnc1-c1ccc(C(C)(C)C)cc1. The topological polar surface area (TPSA) is 72.2 Å². The molecule has 0 fully saturated rings. The van der Waals surface area contributed by atoms with E-state index in [1.54, 1.807) is 0 Å². The van der Waals surface area contributed by atoms with Crippen LogP contribution >= 0.6 is 27.7 Å². The Hall–Kier alpha value is -2.45. The fourth-order valence-electron chi connectivity index (χ4n) is 3.08. The zero-order valence-electron chi connectivity index (χ0n) is 19.0. The van der Waals surface area contributed by atoms with Gasteiger partial charge in [-0.2, -0.15) is 5.10 Å². The third-order valence-electron chi connectivity index (χ3n) is 4.98. The van der Waals surface area contributed by atoms with E-state index in [1.807, 2.05) is 42.7 Å². The van der Waals surface area contributed by atoms with Crippen molar-refractivity contribution in [2.45, 2.75) is 51.7 Å². The fourth-order valence-corrected chi connectivity index (χ4v) is 4.14. The molecule has 0 saturated carbocycles. The Kier molecular flexibility index (Phi) is 7.90. The first-order valence-corrected chi connectivity index (χ1v) is 12.2. The molecule has 6 nitrogen and oxygen atoms in total. The molecule has 0 unspecified atom stereocenters. The Bertz CT molecular complexity index is 1100. The van der Waals surface area contributed by atoms with Crippen LogP contribution in [0, 0.1) is 0 Å².